The Bertz CT molecular complexity index is 605. The summed E-state index contributed by atoms with van der Waals surface area (Å²) in [7, 11) is 0. The third kappa shape index (κ3) is 2.55. The van der Waals surface area contributed by atoms with Gasteiger partial charge in [0.05, 0.1) is 0 Å². The minimum atomic E-state index is -0.493. The van der Waals surface area contributed by atoms with Crippen LogP contribution in [0.1, 0.15) is 17.4 Å². The maximum Gasteiger partial charge on any atom is 0.354 e. The van der Waals surface area contributed by atoms with Crippen molar-refractivity contribution >= 4 is 11.7 Å². The number of hydrogen-bond acceptors (Lipinski definition) is 3. The van der Waals surface area contributed by atoms with Crippen molar-refractivity contribution in [3.05, 3.63) is 71.8 Å². The van der Waals surface area contributed by atoms with Gasteiger partial charge in [-0.25, -0.2) is 9.79 Å². The minimum absolute atomic E-state index is 0.322. The Labute approximate surface area is 111 Å². The van der Waals surface area contributed by atoms with E-state index in [2.05, 4.69) is 4.99 Å². The first kappa shape index (κ1) is 11.7. The summed E-state index contributed by atoms with van der Waals surface area (Å²) >= 11 is 0. The number of esters is 1. The van der Waals surface area contributed by atoms with Gasteiger partial charge in [0, 0.05) is 12.0 Å². The molecule has 3 rings (SSSR count). The van der Waals surface area contributed by atoms with Gasteiger partial charge in [-0.3, -0.25) is 0 Å². The Balaban J connectivity index is 1.81. The Kier molecular flexibility index (Phi) is 3.11. The molecular weight excluding hydrogens is 238 g/mol. The summed E-state index contributed by atoms with van der Waals surface area (Å²) in [5.41, 5.74) is 2.45. The molecule has 1 aliphatic rings. The predicted octanol–water partition coefficient (Wildman–Crippen LogP) is 2.93. The summed E-state index contributed by atoms with van der Waals surface area (Å²) in [5, 5.41) is 0. The molecule has 0 fully saturated rings. The van der Waals surface area contributed by atoms with Gasteiger partial charge in [0.25, 0.3) is 0 Å². The second-order valence-electron chi connectivity index (χ2n) is 4.41. The topological polar surface area (TPSA) is 38.7 Å². The molecule has 3 nitrogen and oxygen atoms in total. The van der Waals surface area contributed by atoms with E-state index in [9.17, 15) is 4.79 Å². The van der Waals surface area contributed by atoms with Crippen LogP contribution in [0.25, 0.3) is 0 Å². The first-order chi connectivity index (χ1) is 9.33. The van der Waals surface area contributed by atoms with E-state index in [-0.39, 0.29) is 5.97 Å². The lowest BCUT2D eigenvalue weighted by molar-refractivity contribution is -0.138. The Hall–Kier alpha value is -2.42. The van der Waals surface area contributed by atoms with Crippen molar-refractivity contribution in [1.29, 1.82) is 0 Å². The highest BCUT2D eigenvalue weighted by atomic mass is 16.6. The number of rotatable bonds is 3. The lowest BCUT2D eigenvalue weighted by Crippen LogP contribution is -2.13. The van der Waals surface area contributed by atoms with Crippen molar-refractivity contribution < 1.29 is 9.53 Å². The van der Waals surface area contributed by atoms with Gasteiger partial charge in [0.15, 0.2) is 0 Å². The van der Waals surface area contributed by atoms with Crippen molar-refractivity contribution in [3.63, 3.8) is 0 Å². The Morgan fingerprint density at radius 1 is 0.947 bits per heavy atom. The van der Waals surface area contributed by atoms with E-state index in [1.165, 1.54) is 0 Å². The molecule has 1 unspecified atom stereocenters. The summed E-state index contributed by atoms with van der Waals surface area (Å²) in [4.78, 5) is 16.2. The Morgan fingerprint density at radius 2 is 1.58 bits per heavy atom. The molecule has 0 aromatic heterocycles. The van der Waals surface area contributed by atoms with Gasteiger partial charge in [-0.1, -0.05) is 60.7 Å². The highest BCUT2D eigenvalue weighted by Crippen LogP contribution is 2.25. The monoisotopic (exact) mass is 251 g/mol. The van der Waals surface area contributed by atoms with Crippen molar-refractivity contribution in [3.8, 4) is 0 Å². The van der Waals surface area contributed by atoms with Gasteiger partial charge in [-0.15, -0.1) is 0 Å². The average Bonchev–Trinajstić information content (AvgIpc) is 2.82. The maximum absolute atomic E-state index is 11.8. The van der Waals surface area contributed by atoms with Crippen LogP contribution in [-0.4, -0.2) is 11.7 Å². The molecule has 0 bridgehead atoms. The van der Waals surface area contributed by atoms with Gasteiger partial charge < -0.3 is 4.74 Å². The zero-order valence-corrected chi connectivity index (χ0v) is 10.3. The first-order valence-corrected chi connectivity index (χ1v) is 6.19. The van der Waals surface area contributed by atoms with Crippen molar-refractivity contribution in [2.24, 2.45) is 4.99 Å². The lowest BCUT2D eigenvalue weighted by Gasteiger charge is -2.05. The van der Waals surface area contributed by atoms with Crippen molar-refractivity contribution in [2.75, 3.05) is 0 Å². The molecule has 0 saturated heterocycles. The highest BCUT2D eigenvalue weighted by molar-refractivity contribution is 6.38. The van der Waals surface area contributed by atoms with Gasteiger partial charge in [0.1, 0.15) is 5.71 Å². The molecule has 94 valence electrons. The zero-order chi connectivity index (χ0) is 13.1. The fourth-order valence-electron chi connectivity index (χ4n) is 2.06. The molecule has 0 spiro atoms. The quantitative estimate of drug-likeness (QED) is 0.787. The van der Waals surface area contributed by atoms with Gasteiger partial charge in [0.2, 0.25) is 6.23 Å². The van der Waals surface area contributed by atoms with Crippen LogP contribution in [0.15, 0.2) is 65.7 Å². The number of aliphatic imine (C=N–C) groups is 1. The van der Waals surface area contributed by atoms with E-state index in [0.29, 0.717) is 12.1 Å². The number of hydrogen-bond donors (Lipinski definition) is 0. The molecule has 2 aromatic carbocycles. The molecule has 0 aliphatic carbocycles. The van der Waals surface area contributed by atoms with Crippen LogP contribution in [-0.2, 0) is 16.0 Å². The first-order valence-electron chi connectivity index (χ1n) is 6.19. The standard InChI is InChI=1S/C16H13NO2/c18-16-14(11-12-7-3-1-4-8-12)17-15(19-16)13-9-5-2-6-10-13/h1-10,15H,11H2. The minimum Gasteiger partial charge on any atom is -0.431 e. The summed E-state index contributed by atoms with van der Waals surface area (Å²) < 4.78 is 5.29. The van der Waals surface area contributed by atoms with Crippen LogP contribution in [0.5, 0.6) is 0 Å². The molecular formula is C16H13NO2. The molecule has 0 amide bonds. The van der Waals surface area contributed by atoms with E-state index >= 15 is 0 Å². The largest absolute Gasteiger partial charge is 0.431 e. The average molecular weight is 251 g/mol. The fraction of sp³-hybridized carbons (Fsp3) is 0.125. The molecule has 19 heavy (non-hydrogen) atoms. The molecule has 1 heterocycles. The molecule has 0 saturated carbocycles. The number of ether oxygens (including phenoxy) is 1. The van der Waals surface area contributed by atoms with E-state index < -0.39 is 6.23 Å². The van der Waals surface area contributed by atoms with E-state index in [4.69, 9.17) is 4.74 Å². The zero-order valence-electron chi connectivity index (χ0n) is 10.3. The summed E-state index contributed by atoms with van der Waals surface area (Å²) in [6, 6.07) is 19.4. The maximum atomic E-state index is 11.8. The third-order valence-corrected chi connectivity index (χ3v) is 3.03. The van der Waals surface area contributed by atoms with Crippen LogP contribution in [0.3, 0.4) is 0 Å². The lowest BCUT2D eigenvalue weighted by atomic mass is 10.1. The van der Waals surface area contributed by atoms with Crippen LogP contribution < -0.4 is 0 Å². The van der Waals surface area contributed by atoms with Crippen LogP contribution in [0.2, 0.25) is 0 Å². The number of cyclic esters (lactones) is 1. The second kappa shape index (κ2) is 5.06. The van der Waals surface area contributed by atoms with Crippen molar-refractivity contribution in [1.82, 2.24) is 0 Å². The molecule has 3 heteroatoms. The van der Waals surface area contributed by atoms with Gasteiger partial charge >= 0.3 is 5.97 Å². The van der Waals surface area contributed by atoms with Crippen LogP contribution in [0, 0.1) is 0 Å². The second-order valence-corrected chi connectivity index (χ2v) is 4.41. The smallest absolute Gasteiger partial charge is 0.354 e. The summed E-state index contributed by atoms with van der Waals surface area (Å²) in [6.45, 7) is 0. The van der Waals surface area contributed by atoms with E-state index in [1.807, 2.05) is 60.7 Å². The van der Waals surface area contributed by atoms with Gasteiger partial charge in [-0.05, 0) is 5.56 Å². The van der Waals surface area contributed by atoms with E-state index in [1.54, 1.807) is 0 Å². The number of carbonyl (C=O) groups excluding carboxylic acids is 1. The van der Waals surface area contributed by atoms with E-state index in [0.717, 1.165) is 11.1 Å². The van der Waals surface area contributed by atoms with Crippen LogP contribution >= 0.6 is 0 Å². The molecule has 1 atom stereocenters. The number of carbonyl (C=O) groups is 1. The molecule has 2 aromatic rings. The Morgan fingerprint density at radius 3 is 2.26 bits per heavy atom. The molecule has 1 aliphatic heterocycles. The predicted molar refractivity (Wildman–Crippen MR) is 72.9 cm³/mol. The molecule has 0 N–H and O–H groups in total. The van der Waals surface area contributed by atoms with Crippen LogP contribution in [0.4, 0.5) is 0 Å². The molecule has 0 radical (unpaired) electrons. The number of benzene rings is 2. The van der Waals surface area contributed by atoms with Crippen molar-refractivity contribution in [2.45, 2.75) is 12.6 Å². The fourth-order valence-corrected chi connectivity index (χ4v) is 2.06. The summed E-state index contributed by atoms with van der Waals surface area (Å²) in [5.74, 6) is -0.322. The summed E-state index contributed by atoms with van der Waals surface area (Å²) in [6.07, 6.45) is 0.0237. The third-order valence-electron chi connectivity index (χ3n) is 3.03. The highest BCUT2D eigenvalue weighted by Gasteiger charge is 2.28. The number of nitrogens with zero attached hydrogens (tertiary/aromatic N) is 1. The SMILES string of the molecule is O=C1OC(c2ccccc2)N=C1Cc1ccccc1. The normalized spacial score (nSPS) is 18.0. The van der Waals surface area contributed by atoms with Gasteiger partial charge in [-0.2, -0.15) is 0 Å².